The number of hydrogen-bond donors (Lipinski definition) is 3. The van der Waals surface area contributed by atoms with E-state index in [2.05, 4.69) is 25.7 Å². The number of alkyl halides is 3. The van der Waals surface area contributed by atoms with E-state index in [1.807, 2.05) is 0 Å². The van der Waals surface area contributed by atoms with Crippen LogP contribution < -0.4 is 10.6 Å². The molecule has 1 aromatic heterocycles. The van der Waals surface area contributed by atoms with Gasteiger partial charge in [0.1, 0.15) is 5.82 Å². The Hall–Kier alpha value is -2.91. The van der Waals surface area contributed by atoms with Gasteiger partial charge in [-0.05, 0) is 42.0 Å². The van der Waals surface area contributed by atoms with E-state index in [0.717, 1.165) is 32.2 Å². The van der Waals surface area contributed by atoms with Crippen LogP contribution in [0, 0.1) is 5.82 Å². The quantitative estimate of drug-likeness (QED) is 0.510. The summed E-state index contributed by atoms with van der Waals surface area (Å²) in [4.78, 5) is 2.21. The maximum absolute atomic E-state index is 13.8. The van der Waals surface area contributed by atoms with Crippen molar-refractivity contribution in [3.8, 4) is 22.4 Å². The van der Waals surface area contributed by atoms with E-state index in [1.165, 1.54) is 24.4 Å². The van der Waals surface area contributed by atoms with Crippen molar-refractivity contribution in [2.24, 2.45) is 0 Å². The van der Waals surface area contributed by atoms with Gasteiger partial charge in [-0.25, -0.2) is 4.39 Å². The molecule has 0 amide bonds. The number of H-pyrrole nitrogens is 1. The highest BCUT2D eigenvalue weighted by atomic mass is 19.4. The number of aromatic nitrogens is 2. The van der Waals surface area contributed by atoms with Crippen molar-refractivity contribution in [2.75, 3.05) is 44.6 Å². The Morgan fingerprint density at radius 3 is 2.42 bits per heavy atom. The van der Waals surface area contributed by atoms with Gasteiger partial charge < -0.3 is 10.6 Å². The zero-order valence-corrected chi connectivity index (χ0v) is 16.8. The lowest BCUT2D eigenvalue weighted by molar-refractivity contribution is -0.136. The molecular weight excluding hydrogens is 410 g/mol. The fourth-order valence-electron chi connectivity index (χ4n) is 3.73. The third-order valence-corrected chi connectivity index (χ3v) is 5.36. The number of anilines is 1. The summed E-state index contributed by atoms with van der Waals surface area (Å²) >= 11 is 0. The molecule has 4 rings (SSSR count). The highest BCUT2D eigenvalue weighted by Crippen LogP contribution is 2.39. The van der Waals surface area contributed by atoms with Crippen LogP contribution in [-0.4, -0.2) is 54.4 Å². The maximum atomic E-state index is 13.8. The normalized spacial score (nSPS) is 15.2. The van der Waals surface area contributed by atoms with Crippen LogP contribution in [0.15, 0.2) is 48.7 Å². The van der Waals surface area contributed by atoms with Gasteiger partial charge in [0.15, 0.2) is 0 Å². The van der Waals surface area contributed by atoms with E-state index in [1.54, 1.807) is 18.2 Å². The minimum Gasteiger partial charge on any atom is -0.383 e. The van der Waals surface area contributed by atoms with Gasteiger partial charge in [-0.15, -0.1) is 0 Å². The van der Waals surface area contributed by atoms with Crippen LogP contribution in [0.5, 0.6) is 0 Å². The summed E-state index contributed by atoms with van der Waals surface area (Å²) in [6, 6.07) is 9.94. The lowest BCUT2D eigenvalue weighted by Crippen LogP contribution is -2.45. The van der Waals surface area contributed by atoms with Gasteiger partial charge in [-0.2, -0.15) is 18.3 Å². The molecule has 164 valence electrons. The molecule has 0 bridgehead atoms. The number of halogens is 4. The molecule has 1 saturated heterocycles. The van der Waals surface area contributed by atoms with Crippen molar-refractivity contribution in [2.45, 2.75) is 6.18 Å². The number of rotatable bonds is 6. The molecule has 1 aliphatic heterocycles. The van der Waals surface area contributed by atoms with Crippen LogP contribution in [0.4, 0.5) is 23.2 Å². The first-order valence-corrected chi connectivity index (χ1v) is 10.1. The minimum atomic E-state index is -4.51. The molecule has 3 N–H and O–H groups in total. The third-order valence-electron chi connectivity index (χ3n) is 5.36. The zero-order valence-electron chi connectivity index (χ0n) is 16.8. The first-order valence-electron chi connectivity index (χ1n) is 10.1. The molecule has 0 aliphatic carbocycles. The summed E-state index contributed by atoms with van der Waals surface area (Å²) < 4.78 is 54.6. The predicted octanol–water partition coefficient (Wildman–Crippen LogP) is 4.22. The van der Waals surface area contributed by atoms with Gasteiger partial charge in [0, 0.05) is 56.1 Å². The van der Waals surface area contributed by atoms with Crippen molar-refractivity contribution >= 4 is 5.69 Å². The summed E-state index contributed by atoms with van der Waals surface area (Å²) in [6.45, 7) is 4.66. The van der Waals surface area contributed by atoms with Crippen LogP contribution in [0.25, 0.3) is 22.4 Å². The molecule has 0 radical (unpaired) electrons. The van der Waals surface area contributed by atoms with E-state index >= 15 is 0 Å². The van der Waals surface area contributed by atoms with Crippen LogP contribution in [0.2, 0.25) is 0 Å². The van der Waals surface area contributed by atoms with E-state index in [0.29, 0.717) is 35.5 Å². The Balaban J connectivity index is 1.58. The second kappa shape index (κ2) is 9.07. The van der Waals surface area contributed by atoms with Gasteiger partial charge in [-0.3, -0.25) is 10.00 Å². The largest absolute Gasteiger partial charge is 0.418 e. The molecule has 9 heteroatoms. The van der Waals surface area contributed by atoms with Crippen molar-refractivity contribution in [1.29, 1.82) is 0 Å². The Morgan fingerprint density at radius 1 is 1.00 bits per heavy atom. The maximum Gasteiger partial charge on any atom is 0.418 e. The molecule has 0 atom stereocenters. The number of nitrogens with one attached hydrogen (secondary N) is 3. The first kappa shape index (κ1) is 21.3. The van der Waals surface area contributed by atoms with E-state index < -0.39 is 11.7 Å². The molecule has 0 unspecified atom stereocenters. The average molecular weight is 433 g/mol. The summed E-state index contributed by atoms with van der Waals surface area (Å²) in [5.74, 6) is -0.389. The molecule has 3 aromatic rings. The third kappa shape index (κ3) is 5.05. The monoisotopic (exact) mass is 433 g/mol. The summed E-state index contributed by atoms with van der Waals surface area (Å²) in [5.41, 5.74) is 1.40. The number of aromatic amines is 1. The van der Waals surface area contributed by atoms with Crippen LogP contribution in [-0.2, 0) is 6.18 Å². The second-order valence-electron chi connectivity index (χ2n) is 7.44. The van der Waals surface area contributed by atoms with Crippen molar-refractivity contribution in [1.82, 2.24) is 20.4 Å². The molecule has 5 nitrogen and oxygen atoms in total. The van der Waals surface area contributed by atoms with Gasteiger partial charge in [-0.1, -0.05) is 6.07 Å². The summed E-state index contributed by atoms with van der Waals surface area (Å²) in [5, 5.41) is 13.0. The molecular formula is C22H23F4N5. The number of benzene rings is 2. The molecule has 2 aromatic carbocycles. The van der Waals surface area contributed by atoms with E-state index in [9.17, 15) is 17.6 Å². The average Bonchev–Trinajstić information content (AvgIpc) is 3.24. The lowest BCUT2D eigenvalue weighted by Gasteiger charge is -2.27. The van der Waals surface area contributed by atoms with Crippen LogP contribution in [0.3, 0.4) is 0 Å². The van der Waals surface area contributed by atoms with Crippen molar-refractivity contribution < 1.29 is 17.6 Å². The fourth-order valence-corrected chi connectivity index (χ4v) is 3.73. The molecule has 0 spiro atoms. The SMILES string of the molecule is Fc1ccc(-c2[nH]ncc2-c2ccc(NCCN3CCNCC3)c(C(F)(F)F)c2)cc1. The Kier molecular flexibility index (Phi) is 6.24. The summed E-state index contributed by atoms with van der Waals surface area (Å²) in [6.07, 6.45) is -3.03. The van der Waals surface area contributed by atoms with E-state index in [-0.39, 0.29) is 11.5 Å². The van der Waals surface area contributed by atoms with Crippen molar-refractivity contribution in [3.05, 3.63) is 60.0 Å². The Morgan fingerprint density at radius 2 is 1.71 bits per heavy atom. The predicted molar refractivity (Wildman–Crippen MR) is 112 cm³/mol. The molecule has 0 saturated carbocycles. The Bertz CT molecular complexity index is 1010. The number of piperazine rings is 1. The Labute approximate surface area is 177 Å². The van der Waals surface area contributed by atoms with Gasteiger partial charge in [0.05, 0.1) is 17.5 Å². The van der Waals surface area contributed by atoms with Gasteiger partial charge in [0.2, 0.25) is 0 Å². The number of hydrogen-bond acceptors (Lipinski definition) is 4. The van der Waals surface area contributed by atoms with Crippen LogP contribution in [0.1, 0.15) is 5.56 Å². The number of nitrogens with zero attached hydrogens (tertiary/aromatic N) is 2. The highest BCUT2D eigenvalue weighted by Gasteiger charge is 2.34. The topological polar surface area (TPSA) is 56.0 Å². The zero-order chi connectivity index (χ0) is 21.8. The van der Waals surface area contributed by atoms with Gasteiger partial charge >= 0.3 is 6.18 Å². The fraction of sp³-hybridized carbons (Fsp3) is 0.318. The van der Waals surface area contributed by atoms with Crippen LogP contribution >= 0.6 is 0 Å². The minimum absolute atomic E-state index is 0.0539. The molecule has 2 heterocycles. The smallest absolute Gasteiger partial charge is 0.383 e. The summed E-state index contributed by atoms with van der Waals surface area (Å²) in [7, 11) is 0. The van der Waals surface area contributed by atoms with Crippen molar-refractivity contribution in [3.63, 3.8) is 0 Å². The second-order valence-corrected chi connectivity index (χ2v) is 7.44. The standard InChI is InChI=1S/C22H23F4N5/c23-17-4-1-15(2-5-17)21-18(14-29-30-21)16-3-6-20(19(13-16)22(24,25)26)28-9-12-31-10-7-27-8-11-31/h1-6,13-14,27-28H,7-12H2,(H,29,30). The van der Waals surface area contributed by atoms with Gasteiger partial charge in [0.25, 0.3) is 0 Å². The molecule has 31 heavy (non-hydrogen) atoms. The first-order chi connectivity index (χ1) is 14.9. The highest BCUT2D eigenvalue weighted by molar-refractivity contribution is 5.81. The van der Waals surface area contributed by atoms with E-state index in [4.69, 9.17) is 0 Å². The molecule has 1 fully saturated rings. The molecule has 1 aliphatic rings. The lowest BCUT2D eigenvalue weighted by atomic mass is 9.99.